The van der Waals surface area contributed by atoms with Gasteiger partial charge >= 0.3 is 0 Å². The lowest BCUT2D eigenvalue weighted by atomic mass is 10.1. The summed E-state index contributed by atoms with van der Waals surface area (Å²) >= 11 is 0. The summed E-state index contributed by atoms with van der Waals surface area (Å²) in [4.78, 5) is 2.84. The van der Waals surface area contributed by atoms with Crippen molar-refractivity contribution in [3.05, 3.63) is 12.7 Å². The number of hydrogen-bond acceptors (Lipinski definition) is 1. The fourth-order valence-corrected chi connectivity index (χ4v) is 9.14. The van der Waals surface area contributed by atoms with Crippen molar-refractivity contribution in [2.45, 2.75) is 83.3 Å². The second-order valence-electron chi connectivity index (χ2n) is 6.89. The van der Waals surface area contributed by atoms with Crippen LogP contribution in [-0.2, 0) is 0 Å². The van der Waals surface area contributed by atoms with E-state index in [1.54, 1.807) is 0 Å². The van der Waals surface area contributed by atoms with Gasteiger partial charge in [-0.15, -0.1) is 6.58 Å². The van der Waals surface area contributed by atoms with Gasteiger partial charge in [0, 0.05) is 0 Å². The first kappa shape index (κ1) is 18.0. The Morgan fingerprint density at radius 1 is 0.900 bits per heavy atom. The molecule has 20 heavy (non-hydrogen) atoms. The van der Waals surface area contributed by atoms with Gasteiger partial charge in [-0.25, -0.2) is 0 Å². The van der Waals surface area contributed by atoms with E-state index in [-0.39, 0.29) is 0 Å². The SMILES string of the molecule is C=CC[Si](CCC)(CCC)CN1CCCCCCCC1. The van der Waals surface area contributed by atoms with E-state index in [1.807, 2.05) is 0 Å². The molecule has 0 aromatic carbocycles. The van der Waals surface area contributed by atoms with E-state index in [4.69, 9.17) is 0 Å². The molecule has 1 fully saturated rings. The molecule has 0 atom stereocenters. The van der Waals surface area contributed by atoms with E-state index in [0.29, 0.717) is 0 Å². The second kappa shape index (κ2) is 10.6. The van der Waals surface area contributed by atoms with Crippen molar-refractivity contribution in [3.63, 3.8) is 0 Å². The number of allylic oxidation sites excluding steroid dienone is 1. The lowest BCUT2D eigenvalue weighted by Crippen LogP contribution is -2.47. The van der Waals surface area contributed by atoms with Crippen molar-refractivity contribution in [2.24, 2.45) is 0 Å². The van der Waals surface area contributed by atoms with Gasteiger partial charge in [0.05, 0.1) is 8.07 Å². The van der Waals surface area contributed by atoms with Crippen molar-refractivity contribution < 1.29 is 0 Å². The molecule has 1 aliphatic heterocycles. The summed E-state index contributed by atoms with van der Waals surface area (Å²) in [6.07, 6.45) is 15.1. The highest BCUT2D eigenvalue weighted by Gasteiger charge is 2.31. The lowest BCUT2D eigenvalue weighted by Gasteiger charge is -2.36. The first-order valence-electron chi connectivity index (χ1n) is 9.09. The molecule has 0 unspecified atom stereocenters. The quantitative estimate of drug-likeness (QED) is 0.414. The third-order valence-corrected chi connectivity index (χ3v) is 10.3. The third kappa shape index (κ3) is 6.58. The molecule has 0 saturated carbocycles. The lowest BCUT2D eigenvalue weighted by molar-refractivity contribution is 0.304. The molecule has 2 heteroatoms. The summed E-state index contributed by atoms with van der Waals surface area (Å²) in [5.74, 6) is 0. The van der Waals surface area contributed by atoms with Gasteiger partial charge in [-0.1, -0.05) is 70.5 Å². The monoisotopic (exact) mass is 295 g/mol. The van der Waals surface area contributed by atoms with Gasteiger partial charge in [0.1, 0.15) is 0 Å². The second-order valence-corrected chi connectivity index (χ2v) is 11.6. The van der Waals surface area contributed by atoms with Crippen LogP contribution in [-0.4, -0.2) is 32.2 Å². The van der Waals surface area contributed by atoms with Crippen LogP contribution >= 0.6 is 0 Å². The van der Waals surface area contributed by atoms with Gasteiger partial charge in [-0.05, 0) is 38.1 Å². The zero-order chi connectivity index (χ0) is 14.7. The van der Waals surface area contributed by atoms with Crippen molar-refractivity contribution in [3.8, 4) is 0 Å². The van der Waals surface area contributed by atoms with Crippen LogP contribution in [0.2, 0.25) is 18.1 Å². The topological polar surface area (TPSA) is 3.24 Å². The van der Waals surface area contributed by atoms with E-state index in [0.717, 1.165) is 0 Å². The molecule has 1 aliphatic rings. The summed E-state index contributed by atoms with van der Waals surface area (Å²) in [5, 5.41) is 0. The first-order chi connectivity index (χ1) is 9.76. The van der Waals surface area contributed by atoms with E-state index < -0.39 is 8.07 Å². The molecule has 118 valence electrons. The van der Waals surface area contributed by atoms with Crippen LogP contribution < -0.4 is 0 Å². The maximum Gasteiger partial charge on any atom is 0.0727 e. The Hall–Kier alpha value is -0.0831. The van der Waals surface area contributed by atoms with E-state index in [1.165, 1.54) is 88.8 Å². The van der Waals surface area contributed by atoms with Crippen molar-refractivity contribution in [1.29, 1.82) is 0 Å². The summed E-state index contributed by atoms with van der Waals surface area (Å²) in [6.45, 7) is 11.5. The van der Waals surface area contributed by atoms with Crippen LogP contribution in [0.3, 0.4) is 0 Å². The van der Waals surface area contributed by atoms with Gasteiger partial charge < -0.3 is 4.90 Å². The van der Waals surface area contributed by atoms with Crippen LogP contribution in [0.1, 0.15) is 65.2 Å². The van der Waals surface area contributed by atoms with E-state index in [9.17, 15) is 0 Å². The third-order valence-electron chi connectivity index (χ3n) is 4.90. The standard InChI is InChI=1S/C18H37NSi/c1-4-15-20(16-5-2,17-6-3)18-19-13-11-9-7-8-10-12-14-19/h4H,1,5-18H2,2-3H3. The predicted octanol–water partition coefficient (Wildman–Crippen LogP) is 5.64. The Kier molecular flexibility index (Phi) is 9.54. The fraction of sp³-hybridized carbons (Fsp3) is 0.889. The highest BCUT2D eigenvalue weighted by atomic mass is 28.3. The highest BCUT2D eigenvalue weighted by Crippen LogP contribution is 2.27. The maximum absolute atomic E-state index is 4.07. The smallest absolute Gasteiger partial charge is 0.0727 e. The normalized spacial score (nSPS) is 19.1. The van der Waals surface area contributed by atoms with Gasteiger partial charge in [0.2, 0.25) is 0 Å². The van der Waals surface area contributed by atoms with Gasteiger partial charge in [-0.2, -0.15) is 0 Å². The minimum atomic E-state index is -1.13. The Morgan fingerprint density at radius 2 is 1.40 bits per heavy atom. The highest BCUT2D eigenvalue weighted by molar-refractivity contribution is 6.80. The zero-order valence-electron chi connectivity index (χ0n) is 14.1. The van der Waals surface area contributed by atoms with Gasteiger partial charge in [-0.3, -0.25) is 0 Å². The maximum atomic E-state index is 4.07. The van der Waals surface area contributed by atoms with Gasteiger partial charge in [0.15, 0.2) is 0 Å². The minimum absolute atomic E-state index is 1.13. The molecular formula is C18H37NSi. The minimum Gasteiger partial charge on any atom is -0.306 e. The fourth-order valence-electron chi connectivity index (χ4n) is 4.04. The summed E-state index contributed by atoms with van der Waals surface area (Å²) in [6, 6.07) is 4.35. The molecule has 0 radical (unpaired) electrons. The molecule has 0 aromatic heterocycles. The van der Waals surface area contributed by atoms with Gasteiger partial charge in [0.25, 0.3) is 0 Å². The Morgan fingerprint density at radius 3 is 1.85 bits per heavy atom. The molecule has 0 N–H and O–H groups in total. The van der Waals surface area contributed by atoms with E-state index >= 15 is 0 Å². The van der Waals surface area contributed by atoms with Crippen LogP contribution in [0.15, 0.2) is 12.7 Å². The van der Waals surface area contributed by atoms with Crippen LogP contribution in [0.4, 0.5) is 0 Å². The van der Waals surface area contributed by atoms with Crippen molar-refractivity contribution in [1.82, 2.24) is 4.90 Å². The molecule has 1 nitrogen and oxygen atoms in total. The van der Waals surface area contributed by atoms with E-state index in [2.05, 4.69) is 31.4 Å². The summed E-state index contributed by atoms with van der Waals surface area (Å²) in [5.41, 5.74) is 0. The number of hydrogen-bond donors (Lipinski definition) is 0. The molecule has 0 bridgehead atoms. The van der Waals surface area contributed by atoms with Crippen LogP contribution in [0.5, 0.6) is 0 Å². The number of rotatable bonds is 8. The first-order valence-corrected chi connectivity index (χ1v) is 11.9. The molecule has 0 spiro atoms. The number of nitrogens with zero attached hydrogens (tertiary/aromatic N) is 1. The Balaban J connectivity index is 2.65. The Bertz CT molecular complexity index is 236. The average Bonchev–Trinajstić information content (AvgIpc) is 2.54. The zero-order valence-corrected chi connectivity index (χ0v) is 15.1. The van der Waals surface area contributed by atoms with Crippen LogP contribution in [0, 0.1) is 0 Å². The molecule has 0 aliphatic carbocycles. The molecule has 1 saturated heterocycles. The summed E-state index contributed by atoms with van der Waals surface area (Å²) < 4.78 is 0. The van der Waals surface area contributed by atoms with Crippen molar-refractivity contribution in [2.75, 3.05) is 19.3 Å². The molecular weight excluding hydrogens is 258 g/mol. The summed E-state index contributed by atoms with van der Waals surface area (Å²) in [7, 11) is -1.13. The van der Waals surface area contributed by atoms with Crippen molar-refractivity contribution >= 4 is 8.07 Å². The predicted molar refractivity (Wildman–Crippen MR) is 95.1 cm³/mol. The molecule has 0 aromatic rings. The van der Waals surface area contributed by atoms with Crippen LogP contribution in [0.25, 0.3) is 0 Å². The molecule has 1 heterocycles. The largest absolute Gasteiger partial charge is 0.306 e. The average molecular weight is 296 g/mol. The Labute approximate surface area is 128 Å². The molecule has 1 rings (SSSR count). The molecule has 0 amide bonds.